The molecule has 1 aliphatic rings. The van der Waals surface area contributed by atoms with E-state index in [1.807, 2.05) is 17.9 Å². The molecular formula is C18H34IN5O. The van der Waals surface area contributed by atoms with E-state index >= 15 is 0 Å². The topological polar surface area (TPSA) is 54.7 Å². The van der Waals surface area contributed by atoms with Crippen LogP contribution in [-0.2, 0) is 11.8 Å². The van der Waals surface area contributed by atoms with E-state index < -0.39 is 0 Å². The van der Waals surface area contributed by atoms with Crippen molar-refractivity contribution in [2.24, 2.45) is 18.0 Å². The van der Waals surface area contributed by atoms with Gasteiger partial charge in [0.1, 0.15) is 0 Å². The van der Waals surface area contributed by atoms with E-state index in [-0.39, 0.29) is 24.0 Å². The van der Waals surface area contributed by atoms with E-state index in [1.54, 1.807) is 0 Å². The summed E-state index contributed by atoms with van der Waals surface area (Å²) in [5.74, 6) is 2.18. The van der Waals surface area contributed by atoms with E-state index in [2.05, 4.69) is 42.3 Å². The smallest absolute Gasteiger partial charge is 0.193 e. The lowest BCUT2D eigenvalue weighted by atomic mass is 10.0. The Morgan fingerprint density at radius 2 is 2.28 bits per heavy atom. The number of hydrogen-bond acceptors (Lipinski definition) is 3. The van der Waals surface area contributed by atoms with E-state index in [4.69, 9.17) is 9.73 Å². The van der Waals surface area contributed by atoms with Gasteiger partial charge in [0.05, 0.1) is 6.20 Å². The third-order valence-corrected chi connectivity index (χ3v) is 4.18. The first-order chi connectivity index (χ1) is 11.6. The van der Waals surface area contributed by atoms with Crippen LogP contribution in [0.15, 0.2) is 17.4 Å². The molecule has 1 unspecified atom stereocenters. The summed E-state index contributed by atoms with van der Waals surface area (Å²) in [5.41, 5.74) is 1.33. The molecule has 0 aromatic carbocycles. The lowest BCUT2D eigenvalue weighted by Gasteiger charge is -2.21. The Kier molecular flexibility index (Phi) is 10.4. The molecule has 0 aliphatic carbocycles. The second-order valence-electron chi connectivity index (χ2n) is 6.94. The van der Waals surface area contributed by atoms with Crippen molar-refractivity contribution in [3.63, 3.8) is 0 Å². The standard InChI is InChI=1S/C18H33N5O.HI/c1-5-19-18(20-8-6-10-24-14-15(2)3)23-9-7-16(13-23)17-11-21-22(4)12-17;/h11-12,15-16H,5-10,13-14H2,1-4H3,(H,19,20);1H. The summed E-state index contributed by atoms with van der Waals surface area (Å²) in [6.45, 7) is 11.9. The normalized spacial score (nSPS) is 17.9. The van der Waals surface area contributed by atoms with Crippen LogP contribution in [0.1, 0.15) is 45.1 Å². The van der Waals surface area contributed by atoms with Gasteiger partial charge >= 0.3 is 0 Å². The van der Waals surface area contributed by atoms with Gasteiger partial charge in [0.15, 0.2) is 5.96 Å². The average Bonchev–Trinajstić information content (AvgIpc) is 3.18. The van der Waals surface area contributed by atoms with Gasteiger partial charge in [-0.15, -0.1) is 24.0 Å². The second-order valence-corrected chi connectivity index (χ2v) is 6.94. The summed E-state index contributed by atoms with van der Waals surface area (Å²) < 4.78 is 7.51. The first-order valence-corrected chi connectivity index (χ1v) is 9.19. The molecule has 7 heteroatoms. The van der Waals surface area contributed by atoms with Gasteiger partial charge < -0.3 is 15.0 Å². The number of hydrogen-bond donors (Lipinski definition) is 1. The van der Waals surface area contributed by atoms with Crippen LogP contribution in [0.2, 0.25) is 0 Å². The van der Waals surface area contributed by atoms with Crippen LogP contribution in [0.5, 0.6) is 0 Å². The second kappa shape index (κ2) is 11.7. The largest absolute Gasteiger partial charge is 0.381 e. The lowest BCUT2D eigenvalue weighted by molar-refractivity contribution is 0.109. The zero-order chi connectivity index (χ0) is 17.4. The minimum atomic E-state index is 0. The average molecular weight is 463 g/mol. The molecule has 1 atom stereocenters. The van der Waals surface area contributed by atoms with Crippen LogP contribution in [0, 0.1) is 5.92 Å². The van der Waals surface area contributed by atoms with Gasteiger partial charge in [-0.05, 0) is 31.2 Å². The Morgan fingerprint density at radius 3 is 2.92 bits per heavy atom. The zero-order valence-corrected chi connectivity index (χ0v) is 18.4. The van der Waals surface area contributed by atoms with Crippen molar-refractivity contribution in [1.82, 2.24) is 20.0 Å². The molecule has 0 spiro atoms. The highest BCUT2D eigenvalue weighted by Crippen LogP contribution is 2.26. The fraction of sp³-hybridized carbons (Fsp3) is 0.778. The van der Waals surface area contributed by atoms with Crippen molar-refractivity contribution >= 4 is 29.9 Å². The Morgan fingerprint density at radius 1 is 1.48 bits per heavy atom. The van der Waals surface area contributed by atoms with Crippen molar-refractivity contribution in [2.75, 3.05) is 39.4 Å². The maximum Gasteiger partial charge on any atom is 0.193 e. The SMILES string of the molecule is CCNC(=NCCCOCC(C)C)N1CCC(c2cnn(C)c2)C1.I. The summed E-state index contributed by atoms with van der Waals surface area (Å²) in [5, 5.41) is 7.72. The van der Waals surface area contributed by atoms with E-state index in [0.29, 0.717) is 11.8 Å². The maximum atomic E-state index is 5.63. The molecule has 1 N–H and O–H groups in total. The summed E-state index contributed by atoms with van der Waals surface area (Å²) in [4.78, 5) is 7.15. The third-order valence-electron chi connectivity index (χ3n) is 4.18. The van der Waals surface area contributed by atoms with Gasteiger partial charge in [0, 0.05) is 58.6 Å². The van der Waals surface area contributed by atoms with Gasteiger partial charge in [-0.1, -0.05) is 13.8 Å². The molecule has 0 saturated carbocycles. The van der Waals surface area contributed by atoms with Crippen molar-refractivity contribution in [3.8, 4) is 0 Å². The minimum Gasteiger partial charge on any atom is -0.381 e. The zero-order valence-electron chi connectivity index (χ0n) is 16.1. The molecule has 2 rings (SSSR count). The molecule has 1 aromatic rings. The molecule has 0 radical (unpaired) electrons. The predicted octanol–water partition coefficient (Wildman–Crippen LogP) is 2.86. The van der Waals surface area contributed by atoms with E-state index in [9.17, 15) is 0 Å². The van der Waals surface area contributed by atoms with Crippen LogP contribution in [0.25, 0.3) is 0 Å². The van der Waals surface area contributed by atoms with Crippen LogP contribution >= 0.6 is 24.0 Å². The molecule has 1 saturated heterocycles. The van der Waals surface area contributed by atoms with Gasteiger partial charge in [0.2, 0.25) is 0 Å². The number of rotatable bonds is 8. The number of aryl methyl sites for hydroxylation is 1. The molecule has 2 heterocycles. The maximum absolute atomic E-state index is 5.63. The van der Waals surface area contributed by atoms with Crippen molar-refractivity contribution in [2.45, 2.75) is 39.5 Å². The van der Waals surface area contributed by atoms with Crippen LogP contribution in [-0.4, -0.2) is 60.0 Å². The molecule has 25 heavy (non-hydrogen) atoms. The summed E-state index contributed by atoms with van der Waals surface area (Å²) in [6.07, 6.45) is 6.25. The summed E-state index contributed by atoms with van der Waals surface area (Å²) >= 11 is 0. The van der Waals surface area contributed by atoms with Crippen LogP contribution < -0.4 is 5.32 Å². The molecule has 1 aromatic heterocycles. The van der Waals surface area contributed by atoms with Crippen molar-refractivity contribution < 1.29 is 4.74 Å². The Hall–Kier alpha value is -0.830. The summed E-state index contributed by atoms with van der Waals surface area (Å²) in [7, 11) is 1.98. The quantitative estimate of drug-likeness (QED) is 0.279. The number of ether oxygens (including phenoxy) is 1. The Labute approximate surface area is 169 Å². The highest BCUT2D eigenvalue weighted by molar-refractivity contribution is 14.0. The predicted molar refractivity (Wildman–Crippen MR) is 114 cm³/mol. The van der Waals surface area contributed by atoms with Gasteiger partial charge in [-0.3, -0.25) is 9.67 Å². The molecule has 1 fully saturated rings. The number of guanidine groups is 1. The highest BCUT2D eigenvalue weighted by Gasteiger charge is 2.26. The third kappa shape index (κ3) is 7.52. The van der Waals surface area contributed by atoms with Crippen molar-refractivity contribution in [3.05, 3.63) is 18.0 Å². The minimum absolute atomic E-state index is 0. The number of likely N-dealkylation sites (tertiary alicyclic amines) is 1. The first-order valence-electron chi connectivity index (χ1n) is 9.19. The number of halogens is 1. The summed E-state index contributed by atoms with van der Waals surface area (Å²) in [6, 6.07) is 0. The number of aromatic nitrogens is 2. The number of aliphatic imine (C=N–C) groups is 1. The molecular weight excluding hydrogens is 429 g/mol. The fourth-order valence-electron chi connectivity index (χ4n) is 2.97. The van der Waals surface area contributed by atoms with Crippen LogP contribution in [0.4, 0.5) is 0 Å². The Bertz CT molecular complexity index is 517. The van der Waals surface area contributed by atoms with Crippen LogP contribution in [0.3, 0.4) is 0 Å². The molecule has 144 valence electrons. The molecule has 6 nitrogen and oxygen atoms in total. The van der Waals surface area contributed by atoms with Gasteiger partial charge in [-0.25, -0.2) is 0 Å². The monoisotopic (exact) mass is 463 g/mol. The first kappa shape index (κ1) is 22.2. The lowest BCUT2D eigenvalue weighted by Crippen LogP contribution is -2.40. The van der Waals surface area contributed by atoms with Gasteiger partial charge in [0.25, 0.3) is 0 Å². The van der Waals surface area contributed by atoms with E-state index in [1.165, 1.54) is 5.56 Å². The highest BCUT2D eigenvalue weighted by atomic mass is 127. The Balaban J connectivity index is 0.00000312. The fourth-order valence-corrected chi connectivity index (χ4v) is 2.97. The number of nitrogens with zero attached hydrogens (tertiary/aromatic N) is 4. The molecule has 1 aliphatic heterocycles. The molecule has 0 amide bonds. The van der Waals surface area contributed by atoms with Gasteiger partial charge in [-0.2, -0.15) is 5.10 Å². The number of nitrogens with one attached hydrogen (secondary N) is 1. The van der Waals surface area contributed by atoms with E-state index in [0.717, 1.165) is 58.2 Å². The molecule has 0 bridgehead atoms. The van der Waals surface area contributed by atoms with Crippen molar-refractivity contribution in [1.29, 1.82) is 0 Å².